The molecular formula is C28H22ClN3O3S2. The van der Waals surface area contributed by atoms with Gasteiger partial charge in [0.2, 0.25) is 5.91 Å². The Morgan fingerprint density at radius 3 is 2.43 bits per heavy atom. The van der Waals surface area contributed by atoms with Gasteiger partial charge < -0.3 is 16.0 Å². The summed E-state index contributed by atoms with van der Waals surface area (Å²) in [5.41, 5.74) is 2.45. The third kappa shape index (κ3) is 7.82. The van der Waals surface area contributed by atoms with E-state index in [1.807, 2.05) is 29.0 Å². The fraction of sp³-hybridized carbons (Fsp3) is 0.0357. The zero-order chi connectivity index (χ0) is 26.0. The van der Waals surface area contributed by atoms with Crippen LogP contribution in [0.1, 0.15) is 15.9 Å². The van der Waals surface area contributed by atoms with E-state index < -0.39 is 5.91 Å². The molecule has 3 aromatic carbocycles. The van der Waals surface area contributed by atoms with Crippen LogP contribution in [-0.2, 0) is 9.59 Å². The molecule has 0 atom stereocenters. The Kier molecular flexibility index (Phi) is 9.15. The molecule has 4 aromatic rings. The summed E-state index contributed by atoms with van der Waals surface area (Å²) in [4.78, 5) is 39.0. The van der Waals surface area contributed by atoms with Gasteiger partial charge in [-0.25, -0.2) is 0 Å². The predicted molar refractivity (Wildman–Crippen MR) is 152 cm³/mol. The normalized spacial score (nSPS) is 11.0. The highest BCUT2D eigenvalue weighted by Crippen LogP contribution is 2.24. The van der Waals surface area contributed by atoms with Crippen molar-refractivity contribution >= 4 is 69.9 Å². The third-order valence-corrected chi connectivity index (χ3v) is 7.02. The first-order valence-electron chi connectivity index (χ1n) is 11.2. The molecule has 3 N–H and O–H groups in total. The van der Waals surface area contributed by atoms with Crippen molar-refractivity contribution in [1.29, 1.82) is 0 Å². The highest BCUT2D eigenvalue weighted by molar-refractivity contribution is 8.00. The second-order valence-corrected chi connectivity index (χ2v) is 9.97. The fourth-order valence-electron chi connectivity index (χ4n) is 3.23. The Hall–Kier alpha value is -3.85. The van der Waals surface area contributed by atoms with Gasteiger partial charge in [-0.2, -0.15) is 11.3 Å². The van der Waals surface area contributed by atoms with E-state index in [9.17, 15) is 14.4 Å². The Bertz CT molecular complexity index is 1420. The number of carbonyl (C=O) groups is 3. The summed E-state index contributed by atoms with van der Waals surface area (Å²) in [6, 6.07) is 24.7. The van der Waals surface area contributed by atoms with Crippen LogP contribution >= 0.6 is 34.7 Å². The molecule has 0 radical (unpaired) electrons. The van der Waals surface area contributed by atoms with Crippen molar-refractivity contribution in [2.75, 3.05) is 16.4 Å². The van der Waals surface area contributed by atoms with Crippen molar-refractivity contribution in [3.63, 3.8) is 0 Å². The van der Waals surface area contributed by atoms with Crippen LogP contribution in [0, 0.1) is 0 Å². The number of nitrogens with one attached hydrogen (secondary N) is 3. The van der Waals surface area contributed by atoms with Gasteiger partial charge in [0.15, 0.2) is 0 Å². The Morgan fingerprint density at radius 1 is 0.892 bits per heavy atom. The zero-order valence-electron chi connectivity index (χ0n) is 19.4. The van der Waals surface area contributed by atoms with E-state index >= 15 is 0 Å². The molecular weight excluding hydrogens is 526 g/mol. The fourth-order valence-corrected chi connectivity index (χ4v) is 4.78. The molecule has 1 aromatic heterocycles. The van der Waals surface area contributed by atoms with Crippen LogP contribution < -0.4 is 16.0 Å². The van der Waals surface area contributed by atoms with Crippen molar-refractivity contribution < 1.29 is 14.4 Å². The smallest absolute Gasteiger partial charge is 0.272 e. The average Bonchev–Trinajstić information content (AvgIpc) is 3.42. The van der Waals surface area contributed by atoms with Gasteiger partial charge in [0.25, 0.3) is 11.8 Å². The van der Waals surface area contributed by atoms with Gasteiger partial charge in [0.1, 0.15) is 5.70 Å². The van der Waals surface area contributed by atoms with E-state index in [0.717, 1.165) is 10.5 Å². The maximum absolute atomic E-state index is 13.1. The molecule has 6 nitrogen and oxygen atoms in total. The van der Waals surface area contributed by atoms with Crippen LogP contribution in [0.2, 0.25) is 5.02 Å². The Labute approximate surface area is 227 Å². The van der Waals surface area contributed by atoms with Gasteiger partial charge in [0, 0.05) is 16.1 Å². The molecule has 186 valence electrons. The topological polar surface area (TPSA) is 87.3 Å². The number of halogens is 1. The second-order valence-electron chi connectivity index (χ2n) is 7.73. The third-order valence-electron chi connectivity index (χ3n) is 4.99. The van der Waals surface area contributed by atoms with E-state index in [2.05, 4.69) is 16.0 Å². The first kappa shape index (κ1) is 26.2. The van der Waals surface area contributed by atoms with E-state index in [-0.39, 0.29) is 23.3 Å². The summed E-state index contributed by atoms with van der Waals surface area (Å²) in [6.07, 6.45) is 1.63. The Balaban J connectivity index is 1.42. The number of anilines is 2. The quantitative estimate of drug-likeness (QED) is 0.164. The van der Waals surface area contributed by atoms with Crippen LogP contribution in [0.5, 0.6) is 0 Å². The average molecular weight is 548 g/mol. The summed E-state index contributed by atoms with van der Waals surface area (Å²) < 4.78 is 0. The molecule has 0 bridgehead atoms. The van der Waals surface area contributed by atoms with E-state index in [1.54, 1.807) is 72.8 Å². The summed E-state index contributed by atoms with van der Waals surface area (Å²) in [7, 11) is 0. The lowest BCUT2D eigenvalue weighted by Crippen LogP contribution is -2.30. The van der Waals surface area contributed by atoms with Gasteiger partial charge in [-0.1, -0.05) is 48.0 Å². The minimum absolute atomic E-state index is 0.115. The predicted octanol–water partition coefficient (Wildman–Crippen LogP) is 6.54. The molecule has 0 saturated carbocycles. The van der Waals surface area contributed by atoms with Gasteiger partial charge in [-0.3, -0.25) is 14.4 Å². The number of benzene rings is 3. The maximum atomic E-state index is 13.1. The van der Waals surface area contributed by atoms with Crippen molar-refractivity contribution in [3.05, 3.63) is 118 Å². The van der Waals surface area contributed by atoms with Crippen LogP contribution in [0.3, 0.4) is 0 Å². The van der Waals surface area contributed by atoms with Gasteiger partial charge in [-0.15, -0.1) is 11.8 Å². The van der Waals surface area contributed by atoms with Crippen LogP contribution in [0.15, 0.2) is 106 Å². The van der Waals surface area contributed by atoms with E-state index in [4.69, 9.17) is 11.6 Å². The lowest BCUT2D eigenvalue weighted by atomic mass is 10.2. The summed E-state index contributed by atoms with van der Waals surface area (Å²) in [5.74, 6) is -0.878. The van der Waals surface area contributed by atoms with E-state index in [0.29, 0.717) is 22.0 Å². The molecule has 9 heteroatoms. The van der Waals surface area contributed by atoms with Crippen molar-refractivity contribution in [1.82, 2.24) is 5.32 Å². The molecule has 4 rings (SSSR count). The summed E-state index contributed by atoms with van der Waals surface area (Å²) in [5, 5.41) is 12.6. The second kappa shape index (κ2) is 12.9. The standard InChI is InChI=1S/C28H22ClN3O3S2/c29-23-11-4-5-12-24(23)31-26(33)18-37-22-10-6-9-21(16-22)30-28(35)25(15-19-13-14-36-17-19)32-27(34)20-7-2-1-3-8-20/h1-17H,18H2,(H,30,35)(H,31,33)(H,32,34)/b25-15-. The van der Waals surface area contributed by atoms with Gasteiger partial charge in [0.05, 0.1) is 16.5 Å². The lowest BCUT2D eigenvalue weighted by molar-refractivity contribution is -0.114. The molecule has 1 heterocycles. The largest absolute Gasteiger partial charge is 0.324 e. The molecule has 0 aliphatic carbocycles. The number of thiophene rings is 1. The van der Waals surface area contributed by atoms with E-state index in [1.165, 1.54) is 23.1 Å². The zero-order valence-corrected chi connectivity index (χ0v) is 21.8. The van der Waals surface area contributed by atoms with Crippen LogP contribution in [-0.4, -0.2) is 23.5 Å². The number of rotatable bonds is 9. The molecule has 0 aliphatic heterocycles. The van der Waals surface area contributed by atoms with Gasteiger partial charge in [-0.05, 0) is 70.9 Å². The van der Waals surface area contributed by atoms with Crippen molar-refractivity contribution in [2.24, 2.45) is 0 Å². The van der Waals surface area contributed by atoms with Crippen LogP contribution in [0.4, 0.5) is 11.4 Å². The molecule has 0 fully saturated rings. The highest BCUT2D eigenvalue weighted by Gasteiger charge is 2.15. The minimum atomic E-state index is -0.464. The molecule has 37 heavy (non-hydrogen) atoms. The molecule has 0 saturated heterocycles. The number of para-hydroxylation sites is 1. The number of thioether (sulfide) groups is 1. The van der Waals surface area contributed by atoms with Crippen molar-refractivity contribution in [2.45, 2.75) is 4.90 Å². The Morgan fingerprint density at radius 2 is 1.68 bits per heavy atom. The molecule has 0 unspecified atom stereocenters. The molecule has 0 aliphatic rings. The SMILES string of the molecule is O=C(CSc1cccc(NC(=O)/C(=C/c2ccsc2)NC(=O)c2ccccc2)c1)Nc1ccccc1Cl. The van der Waals surface area contributed by atoms with Crippen LogP contribution in [0.25, 0.3) is 6.08 Å². The molecule has 0 spiro atoms. The van der Waals surface area contributed by atoms with Gasteiger partial charge >= 0.3 is 0 Å². The number of hydrogen-bond acceptors (Lipinski definition) is 5. The number of carbonyl (C=O) groups excluding carboxylic acids is 3. The first-order valence-corrected chi connectivity index (χ1v) is 13.5. The summed E-state index contributed by atoms with van der Waals surface area (Å²) in [6.45, 7) is 0. The van der Waals surface area contributed by atoms with Crippen molar-refractivity contribution in [3.8, 4) is 0 Å². The monoisotopic (exact) mass is 547 g/mol. The minimum Gasteiger partial charge on any atom is -0.324 e. The molecule has 3 amide bonds. The maximum Gasteiger partial charge on any atom is 0.272 e. The number of amides is 3. The number of hydrogen-bond donors (Lipinski definition) is 3. The first-order chi connectivity index (χ1) is 18.0. The summed E-state index contributed by atoms with van der Waals surface area (Å²) >= 11 is 8.92. The highest BCUT2D eigenvalue weighted by atomic mass is 35.5. The lowest BCUT2D eigenvalue weighted by Gasteiger charge is -2.12.